The Hall–Kier alpha value is -1.68. The highest BCUT2D eigenvalue weighted by molar-refractivity contribution is 5.77. The fourth-order valence-electron chi connectivity index (χ4n) is 1.20. The van der Waals surface area contributed by atoms with Crippen molar-refractivity contribution in [2.45, 2.75) is 6.54 Å². The molecule has 0 atom stereocenters. The van der Waals surface area contributed by atoms with Crippen LogP contribution in [0.25, 0.3) is 0 Å². The summed E-state index contributed by atoms with van der Waals surface area (Å²) in [5.74, 6) is -0.414. The maximum Gasteiger partial charge on any atom is 0.234 e. The van der Waals surface area contributed by atoms with Crippen molar-refractivity contribution in [2.75, 3.05) is 13.1 Å². The highest BCUT2D eigenvalue weighted by Gasteiger charge is 2.00. The van der Waals surface area contributed by atoms with Crippen LogP contribution in [0.3, 0.4) is 0 Å². The molecule has 0 heterocycles. The van der Waals surface area contributed by atoms with Gasteiger partial charge < -0.3 is 10.6 Å². The first-order valence-corrected chi connectivity index (χ1v) is 5.05. The van der Waals surface area contributed by atoms with E-state index in [0.29, 0.717) is 13.1 Å². The van der Waals surface area contributed by atoms with E-state index < -0.39 is 0 Å². The van der Waals surface area contributed by atoms with Gasteiger partial charge in [0.15, 0.2) is 0 Å². The molecule has 86 valence electrons. The van der Waals surface area contributed by atoms with Gasteiger partial charge in [-0.2, -0.15) is 0 Å². The van der Waals surface area contributed by atoms with Crippen molar-refractivity contribution in [2.24, 2.45) is 0 Å². The SMILES string of the molecule is C=CCNCC(=O)NCc1cccc(F)c1. The van der Waals surface area contributed by atoms with E-state index >= 15 is 0 Å². The first-order valence-electron chi connectivity index (χ1n) is 5.05. The smallest absolute Gasteiger partial charge is 0.234 e. The Labute approximate surface area is 94.4 Å². The van der Waals surface area contributed by atoms with Gasteiger partial charge in [0.2, 0.25) is 5.91 Å². The first kappa shape index (κ1) is 12.4. The molecule has 1 aromatic rings. The highest BCUT2D eigenvalue weighted by Crippen LogP contribution is 2.02. The third-order valence-electron chi connectivity index (χ3n) is 1.95. The molecule has 0 aliphatic carbocycles. The average molecular weight is 222 g/mol. The second-order valence-corrected chi connectivity index (χ2v) is 3.33. The molecule has 0 aliphatic rings. The van der Waals surface area contributed by atoms with Crippen LogP contribution in [-0.4, -0.2) is 19.0 Å². The van der Waals surface area contributed by atoms with E-state index in [-0.39, 0.29) is 18.3 Å². The monoisotopic (exact) mass is 222 g/mol. The summed E-state index contributed by atoms with van der Waals surface area (Å²) in [6, 6.07) is 6.15. The fourth-order valence-corrected chi connectivity index (χ4v) is 1.20. The van der Waals surface area contributed by atoms with Gasteiger partial charge in [-0.3, -0.25) is 4.79 Å². The highest BCUT2D eigenvalue weighted by atomic mass is 19.1. The van der Waals surface area contributed by atoms with Crippen LogP contribution in [0.15, 0.2) is 36.9 Å². The summed E-state index contributed by atoms with van der Waals surface area (Å²) < 4.78 is 12.8. The molecule has 4 heteroatoms. The van der Waals surface area contributed by atoms with Crippen LogP contribution >= 0.6 is 0 Å². The lowest BCUT2D eigenvalue weighted by Crippen LogP contribution is -2.33. The summed E-state index contributed by atoms with van der Waals surface area (Å²) in [6.45, 7) is 4.69. The average Bonchev–Trinajstić information content (AvgIpc) is 2.27. The number of amides is 1. The largest absolute Gasteiger partial charge is 0.351 e. The van der Waals surface area contributed by atoms with E-state index in [0.717, 1.165) is 5.56 Å². The number of nitrogens with one attached hydrogen (secondary N) is 2. The number of benzene rings is 1. The van der Waals surface area contributed by atoms with Crippen molar-refractivity contribution in [3.63, 3.8) is 0 Å². The Morgan fingerprint density at radius 1 is 1.50 bits per heavy atom. The number of hydrogen-bond donors (Lipinski definition) is 2. The van der Waals surface area contributed by atoms with Crippen LogP contribution in [0.1, 0.15) is 5.56 Å². The third kappa shape index (κ3) is 4.70. The van der Waals surface area contributed by atoms with Gasteiger partial charge >= 0.3 is 0 Å². The van der Waals surface area contributed by atoms with Crippen LogP contribution in [0.5, 0.6) is 0 Å². The van der Waals surface area contributed by atoms with E-state index in [1.165, 1.54) is 12.1 Å². The Kier molecular flexibility index (Phi) is 5.22. The molecule has 0 fully saturated rings. The molecular weight excluding hydrogens is 207 g/mol. The Bertz CT molecular complexity index is 366. The summed E-state index contributed by atoms with van der Waals surface area (Å²) in [5, 5.41) is 5.56. The van der Waals surface area contributed by atoms with Crippen LogP contribution < -0.4 is 10.6 Å². The molecule has 0 saturated heterocycles. The lowest BCUT2D eigenvalue weighted by molar-refractivity contribution is -0.120. The van der Waals surface area contributed by atoms with Gasteiger partial charge in [-0.1, -0.05) is 18.2 Å². The fraction of sp³-hybridized carbons (Fsp3) is 0.250. The number of halogens is 1. The Balaban J connectivity index is 2.28. The van der Waals surface area contributed by atoms with Gasteiger partial charge in [-0.05, 0) is 17.7 Å². The van der Waals surface area contributed by atoms with Crippen molar-refractivity contribution < 1.29 is 9.18 Å². The van der Waals surface area contributed by atoms with Gasteiger partial charge in [0.25, 0.3) is 0 Å². The molecular formula is C12H15FN2O. The molecule has 2 N–H and O–H groups in total. The van der Waals surface area contributed by atoms with E-state index in [2.05, 4.69) is 17.2 Å². The number of rotatable bonds is 6. The van der Waals surface area contributed by atoms with Crippen molar-refractivity contribution >= 4 is 5.91 Å². The summed E-state index contributed by atoms with van der Waals surface area (Å²) in [4.78, 5) is 11.3. The van der Waals surface area contributed by atoms with Crippen molar-refractivity contribution in [1.29, 1.82) is 0 Å². The predicted octanol–water partition coefficient (Wildman–Crippen LogP) is 1.22. The van der Waals surface area contributed by atoms with Crippen molar-refractivity contribution in [3.05, 3.63) is 48.3 Å². The molecule has 1 amide bonds. The van der Waals surface area contributed by atoms with E-state index in [4.69, 9.17) is 0 Å². The van der Waals surface area contributed by atoms with Gasteiger partial charge in [-0.15, -0.1) is 6.58 Å². The molecule has 0 unspecified atom stereocenters. The van der Waals surface area contributed by atoms with E-state index in [1.807, 2.05) is 0 Å². The lowest BCUT2D eigenvalue weighted by Gasteiger charge is -2.05. The number of carbonyl (C=O) groups excluding carboxylic acids is 1. The molecule has 1 aromatic carbocycles. The van der Waals surface area contributed by atoms with Gasteiger partial charge in [0.1, 0.15) is 5.82 Å². The normalized spacial score (nSPS) is 9.81. The summed E-state index contributed by atoms with van der Waals surface area (Å²) in [5.41, 5.74) is 0.747. The zero-order valence-electron chi connectivity index (χ0n) is 9.00. The van der Waals surface area contributed by atoms with Crippen molar-refractivity contribution in [1.82, 2.24) is 10.6 Å². The minimum Gasteiger partial charge on any atom is -0.351 e. The van der Waals surface area contributed by atoms with Crippen LogP contribution in [0, 0.1) is 5.82 Å². The molecule has 0 aliphatic heterocycles. The molecule has 16 heavy (non-hydrogen) atoms. The molecule has 0 saturated carbocycles. The second-order valence-electron chi connectivity index (χ2n) is 3.33. The topological polar surface area (TPSA) is 41.1 Å². The van der Waals surface area contributed by atoms with Gasteiger partial charge in [0, 0.05) is 13.1 Å². The minimum absolute atomic E-state index is 0.119. The molecule has 0 spiro atoms. The Morgan fingerprint density at radius 3 is 3.00 bits per heavy atom. The van der Waals surface area contributed by atoms with Crippen LogP contribution in [0.2, 0.25) is 0 Å². The van der Waals surface area contributed by atoms with Crippen molar-refractivity contribution in [3.8, 4) is 0 Å². The number of carbonyl (C=O) groups is 1. The number of hydrogen-bond acceptors (Lipinski definition) is 2. The van der Waals surface area contributed by atoms with Gasteiger partial charge in [-0.25, -0.2) is 4.39 Å². The van der Waals surface area contributed by atoms with E-state index in [1.54, 1.807) is 18.2 Å². The quantitative estimate of drug-likeness (QED) is 0.561. The molecule has 0 aromatic heterocycles. The Morgan fingerprint density at radius 2 is 2.31 bits per heavy atom. The molecule has 0 bridgehead atoms. The molecule has 1 rings (SSSR count). The zero-order valence-corrected chi connectivity index (χ0v) is 9.00. The third-order valence-corrected chi connectivity index (χ3v) is 1.95. The van der Waals surface area contributed by atoms with Crippen LogP contribution in [-0.2, 0) is 11.3 Å². The maximum atomic E-state index is 12.8. The second kappa shape index (κ2) is 6.74. The molecule has 0 radical (unpaired) electrons. The minimum atomic E-state index is -0.295. The first-order chi connectivity index (χ1) is 7.72. The standard InChI is InChI=1S/C12H15FN2O/c1-2-6-14-9-12(16)15-8-10-4-3-5-11(13)7-10/h2-5,7,14H,1,6,8-9H2,(H,15,16). The van der Waals surface area contributed by atoms with Crippen LogP contribution in [0.4, 0.5) is 4.39 Å². The summed E-state index contributed by atoms with van der Waals surface area (Å²) >= 11 is 0. The van der Waals surface area contributed by atoms with Gasteiger partial charge in [0.05, 0.1) is 6.54 Å². The zero-order chi connectivity index (χ0) is 11.8. The molecule has 3 nitrogen and oxygen atoms in total. The maximum absolute atomic E-state index is 12.8. The van der Waals surface area contributed by atoms with E-state index in [9.17, 15) is 9.18 Å². The predicted molar refractivity (Wildman–Crippen MR) is 61.3 cm³/mol. The summed E-state index contributed by atoms with van der Waals surface area (Å²) in [7, 11) is 0. The summed E-state index contributed by atoms with van der Waals surface area (Å²) in [6.07, 6.45) is 1.68. The lowest BCUT2D eigenvalue weighted by atomic mass is 10.2.